The van der Waals surface area contributed by atoms with Crippen LogP contribution in [0.15, 0.2) is 27.6 Å². The lowest BCUT2D eigenvalue weighted by atomic mass is 9.80. The van der Waals surface area contributed by atoms with Gasteiger partial charge in [0.2, 0.25) is 10.0 Å². The first-order chi connectivity index (χ1) is 8.88. The van der Waals surface area contributed by atoms with Crippen LogP contribution in [0.4, 0.5) is 5.69 Å². The number of hydrogen-bond acceptors (Lipinski definition) is 4. The Balaban J connectivity index is 2.16. The van der Waals surface area contributed by atoms with Gasteiger partial charge in [0.25, 0.3) is 0 Å². The second-order valence-corrected chi connectivity index (χ2v) is 7.40. The van der Waals surface area contributed by atoms with Gasteiger partial charge in [0, 0.05) is 18.1 Å². The number of benzene rings is 1. The maximum atomic E-state index is 12.2. The number of nitrogen functional groups attached to an aromatic ring is 1. The molecule has 1 aromatic rings. The van der Waals surface area contributed by atoms with Crippen molar-refractivity contribution >= 4 is 31.6 Å². The molecule has 1 fully saturated rings. The zero-order valence-corrected chi connectivity index (χ0v) is 13.1. The zero-order chi connectivity index (χ0) is 14.1. The molecule has 0 bridgehead atoms. The van der Waals surface area contributed by atoms with Crippen LogP contribution in [0.5, 0.6) is 0 Å². The van der Waals surface area contributed by atoms with Crippen LogP contribution in [-0.2, 0) is 14.8 Å². The van der Waals surface area contributed by atoms with E-state index in [-0.39, 0.29) is 22.7 Å². The summed E-state index contributed by atoms with van der Waals surface area (Å²) in [4.78, 5) is 0.0902. The Hall–Kier alpha value is -0.630. The van der Waals surface area contributed by atoms with E-state index < -0.39 is 10.0 Å². The van der Waals surface area contributed by atoms with Gasteiger partial charge in [-0.1, -0.05) is 15.9 Å². The lowest BCUT2D eigenvalue weighted by Crippen LogP contribution is -2.49. The van der Waals surface area contributed by atoms with Gasteiger partial charge in [-0.3, -0.25) is 0 Å². The number of ether oxygens (including phenoxy) is 1. The van der Waals surface area contributed by atoms with Crippen molar-refractivity contribution in [2.45, 2.75) is 29.8 Å². The van der Waals surface area contributed by atoms with Crippen molar-refractivity contribution < 1.29 is 13.2 Å². The van der Waals surface area contributed by atoms with Crippen LogP contribution in [0.3, 0.4) is 0 Å². The minimum atomic E-state index is -3.62. The number of nitrogens with one attached hydrogen (secondary N) is 1. The topological polar surface area (TPSA) is 81.4 Å². The summed E-state index contributed by atoms with van der Waals surface area (Å²) < 4.78 is 33.1. The van der Waals surface area contributed by atoms with Crippen LogP contribution in [-0.4, -0.2) is 27.7 Å². The van der Waals surface area contributed by atoms with Gasteiger partial charge in [-0.2, -0.15) is 0 Å². The van der Waals surface area contributed by atoms with Gasteiger partial charge >= 0.3 is 0 Å². The lowest BCUT2D eigenvalue weighted by molar-refractivity contribution is -0.0659. The summed E-state index contributed by atoms with van der Waals surface area (Å²) >= 11 is 3.25. The average molecular weight is 349 g/mol. The van der Waals surface area contributed by atoms with E-state index in [0.29, 0.717) is 4.47 Å². The van der Waals surface area contributed by atoms with Crippen molar-refractivity contribution in [3.63, 3.8) is 0 Å². The SMILES string of the molecule is COC1(CNS(=O)(=O)c2cc(Br)ccc2N)CCC1. The number of sulfonamides is 1. The van der Waals surface area contributed by atoms with Gasteiger partial charge < -0.3 is 10.5 Å². The summed E-state index contributed by atoms with van der Waals surface area (Å²) in [5.41, 5.74) is 5.60. The van der Waals surface area contributed by atoms with Crippen molar-refractivity contribution in [1.29, 1.82) is 0 Å². The second kappa shape index (κ2) is 5.40. The molecule has 1 saturated carbocycles. The van der Waals surface area contributed by atoms with E-state index in [2.05, 4.69) is 20.7 Å². The van der Waals surface area contributed by atoms with Crippen LogP contribution in [0.25, 0.3) is 0 Å². The average Bonchev–Trinajstić information content (AvgIpc) is 2.31. The highest BCUT2D eigenvalue weighted by Crippen LogP contribution is 2.34. The monoisotopic (exact) mass is 348 g/mol. The van der Waals surface area contributed by atoms with Crippen molar-refractivity contribution in [2.24, 2.45) is 0 Å². The number of methoxy groups -OCH3 is 1. The fourth-order valence-corrected chi connectivity index (χ4v) is 3.85. The van der Waals surface area contributed by atoms with E-state index >= 15 is 0 Å². The van der Waals surface area contributed by atoms with Gasteiger partial charge in [-0.25, -0.2) is 13.1 Å². The highest BCUT2D eigenvalue weighted by Gasteiger charge is 2.38. The maximum Gasteiger partial charge on any atom is 0.242 e. The predicted octanol–water partition coefficient (Wildman–Crippen LogP) is 1.88. The van der Waals surface area contributed by atoms with Crippen molar-refractivity contribution in [1.82, 2.24) is 4.72 Å². The Labute approximate surface area is 121 Å². The Morgan fingerprint density at radius 1 is 1.47 bits per heavy atom. The molecule has 0 aliphatic heterocycles. The molecule has 0 amide bonds. The lowest BCUT2D eigenvalue weighted by Gasteiger charge is -2.40. The molecule has 1 aliphatic rings. The Bertz CT molecular complexity index is 565. The van der Waals surface area contributed by atoms with Gasteiger partial charge in [-0.05, 0) is 37.5 Å². The molecular weight excluding hydrogens is 332 g/mol. The molecule has 0 atom stereocenters. The van der Waals surface area contributed by atoms with Crippen molar-refractivity contribution in [3.8, 4) is 0 Å². The molecule has 106 valence electrons. The quantitative estimate of drug-likeness (QED) is 0.796. The number of nitrogens with two attached hydrogens (primary N) is 1. The number of halogens is 1. The molecule has 2 rings (SSSR count). The second-order valence-electron chi connectivity index (χ2n) is 4.75. The predicted molar refractivity (Wildman–Crippen MR) is 77.3 cm³/mol. The van der Waals surface area contributed by atoms with Crippen LogP contribution in [0.1, 0.15) is 19.3 Å². The van der Waals surface area contributed by atoms with Crippen molar-refractivity contribution in [2.75, 3.05) is 19.4 Å². The molecule has 0 saturated heterocycles. The van der Waals surface area contributed by atoms with Crippen LogP contribution in [0.2, 0.25) is 0 Å². The molecule has 0 unspecified atom stereocenters. The van der Waals surface area contributed by atoms with Gasteiger partial charge in [0.05, 0.1) is 11.3 Å². The van der Waals surface area contributed by atoms with Gasteiger partial charge in [0.1, 0.15) is 4.90 Å². The fourth-order valence-electron chi connectivity index (χ4n) is 2.07. The highest BCUT2D eigenvalue weighted by molar-refractivity contribution is 9.10. The van der Waals surface area contributed by atoms with Crippen LogP contribution in [0, 0.1) is 0 Å². The molecular formula is C12H17BrN2O3S. The minimum absolute atomic E-state index is 0.0902. The molecule has 0 aromatic heterocycles. The molecule has 5 nitrogen and oxygen atoms in total. The highest BCUT2D eigenvalue weighted by atomic mass is 79.9. The maximum absolute atomic E-state index is 12.2. The number of hydrogen-bond donors (Lipinski definition) is 2. The molecule has 1 aromatic carbocycles. The summed E-state index contributed by atoms with van der Waals surface area (Å²) in [5.74, 6) is 0. The molecule has 0 heterocycles. The van der Waals surface area contributed by atoms with E-state index in [0.717, 1.165) is 19.3 Å². The largest absolute Gasteiger partial charge is 0.398 e. The summed E-state index contributed by atoms with van der Waals surface area (Å²) in [7, 11) is -2.01. The molecule has 0 spiro atoms. The first kappa shape index (κ1) is 14.8. The Kier molecular flexibility index (Phi) is 4.20. The van der Waals surface area contributed by atoms with Gasteiger partial charge in [0.15, 0.2) is 0 Å². The third kappa shape index (κ3) is 3.10. The molecule has 3 N–H and O–H groups in total. The molecule has 7 heteroatoms. The van der Waals surface area contributed by atoms with E-state index in [1.54, 1.807) is 19.2 Å². The van der Waals surface area contributed by atoms with Crippen molar-refractivity contribution in [3.05, 3.63) is 22.7 Å². The van der Waals surface area contributed by atoms with E-state index in [9.17, 15) is 8.42 Å². The zero-order valence-electron chi connectivity index (χ0n) is 10.6. The van der Waals surface area contributed by atoms with E-state index in [1.165, 1.54) is 6.07 Å². The first-order valence-electron chi connectivity index (χ1n) is 5.98. The molecule has 0 radical (unpaired) electrons. The molecule has 1 aliphatic carbocycles. The third-order valence-corrected chi connectivity index (χ3v) is 5.50. The summed E-state index contributed by atoms with van der Waals surface area (Å²) in [6.07, 6.45) is 2.81. The van der Waals surface area contributed by atoms with Crippen LogP contribution < -0.4 is 10.5 Å². The smallest absolute Gasteiger partial charge is 0.242 e. The minimum Gasteiger partial charge on any atom is -0.398 e. The summed E-state index contributed by atoms with van der Waals surface area (Å²) in [6.45, 7) is 0.276. The van der Waals surface area contributed by atoms with E-state index in [1.807, 2.05) is 0 Å². The standard InChI is InChI=1S/C12H17BrN2O3S/c1-18-12(5-2-6-12)8-15-19(16,17)11-7-9(13)3-4-10(11)14/h3-4,7,15H,2,5-6,8,14H2,1H3. The Morgan fingerprint density at radius 3 is 2.68 bits per heavy atom. The number of anilines is 1. The summed E-state index contributed by atoms with van der Waals surface area (Å²) in [5, 5.41) is 0. The summed E-state index contributed by atoms with van der Waals surface area (Å²) in [6, 6.07) is 4.77. The van der Waals surface area contributed by atoms with Crippen LogP contribution >= 0.6 is 15.9 Å². The first-order valence-corrected chi connectivity index (χ1v) is 8.26. The van der Waals surface area contributed by atoms with E-state index in [4.69, 9.17) is 10.5 Å². The number of rotatable bonds is 5. The fraction of sp³-hybridized carbons (Fsp3) is 0.500. The third-order valence-electron chi connectivity index (χ3n) is 3.55. The molecule has 19 heavy (non-hydrogen) atoms. The Morgan fingerprint density at radius 2 is 2.16 bits per heavy atom. The normalized spacial score (nSPS) is 18.0. The van der Waals surface area contributed by atoms with Gasteiger partial charge in [-0.15, -0.1) is 0 Å².